The third-order valence-corrected chi connectivity index (χ3v) is 8.91. The van der Waals surface area contributed by atoms with Crippen LogP contribution in [0.5, 0.6) is 0 Å². The lowest BCUT2D eigenvalue weighted by atomic mass is 9.98. The van der Waals surface area contributed by atoms with Gasteiger partial charge in [-0.15, -0.1) is 0 Å². The highest BCUT2D eigenvalue weighted by Crippen LogP contribution is 2.16. The van der Waals surface area contributed by atoms with Crippen molar-refractivity contribution in [2.45, 2.75) is 224 Å². The second kappa shape index (κ2) is 34.5. The standard InChI is InChI=1S/C38H78O8/c1-3-5-7-9-11-13-15-17-19-21-23-25-45-32-37(43)30-35(41)28-33(39)27-34(40)29-36(42)31-38(44)46-26-24-22-20-18-16-14-12-10-8-6-4-2/h33-44H,3-32H2,1-2H3. The van der Waals surface area contributed by atoms with Gasteiger partial charge in [0.1, 0.15) is 0 Å². The molecule has 8 nitrogen and oxygen atoms in total. The Morgan fingerprint density at radius 3 is 1.04 bits per heavy atom. The molecule has 0 amide bonds. The number of aliphatic hydroxyl groups excluding tert-OH is 6. The predicted octanol–water partition coefficient (Wildman–Crippen LogP) is 7.72. The van der Waals surface area contributed by atoms with Crippen LogP contribution in [0.2, 0.25) is 0 Å². The molecular formula is C38H78O8. The smallest absolute Gasteiger partial charge is 0.156 e. The van der Waals surface area contributed by atoms with Crippen LogP contribution in [0.4, 0.5) is 0 Å². The summed E-state index contributed by atoms with van der Waals surface area (Å²) in [6.45, 7) is 5.68. The Morgan fingerprint density at radius 2 is 0.652 bits per heavy atom. The summed E-state index contributed by atoms with van der Waals surface area (Å²) in [6.07, 6.45) is 22.0. The molecule has 6 atom stereocenters. The Hall–Kier alpha value is -0.320. The topological polar surface area (TPSA) is 140 Å². The van der Waals surface area contributed by atoms with E-state index in [-0.39, 0.29) is 38.7 Å². The maximum Gasteiger partial charge on any atom is 0.156 e. The van der Waals surface area contributed by atoms with Crippen molar-refractivity contribution in [3.05, 3.63) is 0 Å². The van der Waals surface area contributed by atoms with Crippen LogP contribution in [0, 0.1) is 0 Å². The van der Waals surface area contributed by atoms with Gasteiger partial charge in [-0.25, -0.2) is 0 Å². The summed E-state index contributed by atoms with van der Waals surface area (Å²) in [5.41, 5.74) is 0. The van der Waals surface area contributed by atoms with Gasteiger partial charge in [0.25, 0.3) is 0 Å². The fourth-order valence-corrected chi connectivity index (χ4v) is 6.08. The molecule has 0 spiro atoms. The number of ether oxygens (including phenoxy) is 2. The molecule has 0 aromatic rings. The minimum Gasteiger partial charge on any atom is -0.393 e. The number of hydrogen-bond donors (Lipinski definition) is 6. The van der Waals surface area contributed by atoms with Crippen LogP contribution in [0.3, 0.4) is 0 Å². The van der Waals surface area contributed by atoms with Crippen LogP contribution in [-0.2, 0) is 9.47 Å². The molecule has 0 radical (unpaired) electrons. The van der Waals surface area contributed by atoms with Gasteiger partial charge in [-0.2, -0.15) is 0 Å². The zero-order valence-corrected chi connectivity index (χ0v) is 30.2. The van der Waals surface area contributed by atoms with E-state index >= 15 is 0 Å². The van der Waals surface area contributed by atoms with Crippen LogP contribution in [0.15, 0.2) is 0 Å². The van der Waals surface area contributed by atoms with E-state index in [1.165, 1.54) is 116 Å². The molecule has 0 aliphatic rings. The number of hydrogen-bond acceptors (Lipinski definition) is 8. The summed E-state index contributed by atoms with van der Waals surface area (Å²) >= 11 is 0. The highest BCUT2D eigenvalue weighted by molar-refractivity contribution is 4.73. The highest BCUT2D eigenvalue weighted by atomic mass is 16.6. The molecule has 0 fully saturated rings. The van der Waals surface area contributed by atoms with Gasteiger partial charge in [0.05, 0.1) is 37.1 Å². The largest absolute Gasteiger partial charge is 0.393 e. The molecule has 0 aromatic carbocycles. The van der Waals surface area contributed by atoms with E-state index in [4.69, 9.17) is 9.47 Å². The number of rotatable bonds is 37. The van der Waals surface area contributed by atoms with Gasteiger partial charge >= 0.3 is 0 Å². The molecule has 0 saturated heterocycles. The Kier molecular flexibility index (Phi) is 34.3. The fourth-order valence-electron chi connectivity index (χ4n) is 6.08. The van der Waals surface area contributed by atoms with Gasteiger partial charge in [0.2, 0.25) is 0 Å². The molecule has 0 rings (SSSR count). The van der Waals surface area contributed by atoms with Crippen LogP contribution in [0.1, 0.15) is 187 Å². The quantitative estimate of drug-likeness (QED) is 0.0294. The molecule has 8 heteroatoms. The van der Waals surface area contributed by atoms with Crippen molar-refractivity contribution in [1.29, 1.82) is 0 Å². The lowest BCUT2D eigenvalue weighted by Crippen LogP contribution is -2.30. The van der Waals surface area contributed by atoms with Crippen LogP contribution < -0.4 is 0 Å². The minimum atomic E-state index is -1.09. The first-order valence-corrected chi connectivity index (χ1v) is 19.6. The summed E-state index contributed by atoms with van der Waals surface area (Å²) < 4.78 is 11.0. The molecule has 0 heterocycles. The van der Waals surface area contributed by atoms with Crippen molar-refractivity contribution in [2.75, 3.05) is 19.8 Å². The fraction of sp³-hybridized carbons (Fsp3) is 1.00. The van der Waals surface area contributed by atoms with E-state index in [9.17, 15) is 30.6 Å². The van der Waals surface area contributed by atoms with E-state index in [0.29, 0.717) is 13.2 Å². The predicted molar refractivity (Wildman–Crippen MR) is 189 cm³/mol. The minimum absolute atomic E-state index is 0.000796. The molecule has 6 N–H and O–H groups in total. The molecule has 46 heavy (non-hydrogen) atoms. The third kappa shape index (κ3) is 33.6. The summed E-state index contributed by atoms with van der Waals surface area (Å²) in [6, 6.07) is 0. The molecule has 278 valence electrons. The Balaban J connectivity index is 3.71. The third-order valence-electron chi connectivity index (χ3n) is 8.91. The zero-order valence-electron chi connectivity index (χ0n) is 30.2. The normalized spacial score (nSPS) is 15.9. The summed E-state index contributed by atoms with van der Waals surface area (Å²) in [7, 11) is 0. The van der Waals surface area contributed by atoms with E-state index < -0.39 is 36.8 Å². The number of unbranched alkanes of at least 4 members (excludes halogenated alkanes) is 20. The summed E-state index contributed by atoms with van der Waals surface area (Å²) in [5.74, 6) is 0. The van der Waals surface area contributed by atoms with Gasteiger partial charge < -0.3 is 40.1 Å². The van der Waals surface area contributed by atoms with Gasteiger partial charge in [-0.05, 0) is 32.1 Å². The van der Waals surface area contributed by atoms with Gasteiger partial charge in [-0.3, -0.25) is 0 Å². The molecule has 0 aromatic heterocycles. The van der Waals surface area contributed by atoms with E-state index in [0.717, 1.165) is 25.7 Å². The van der Waals surface area contributed by atoms with Crippen molar-refractivity contribution in [3.8, 4) is 0 Å². The van der Waals surface area contributed by atoms with Crippen LogP contribution >= 0.6 is 0 Å². The first-order valence-electron chi connectivity index (χ1n) is 19.6. The lowest BCUT2D eigenvalue weighted by molar-refractivity contribution is -0.123. The summed E-state index contributed by atoms with van der Waals surface area (Å²) in [4.78, 5) is 0. The van der Waals surface area contributed by atoms with Crippen LogP contribution in [0.25, 0.3) is 0 Å². The molecule has 0 saturated carbocycles. The van der Waals surface area contributed by atoms with E-state index in [2.05, 4.69) is 13.8 Å². The van der Waals surface area contributed by atoms with Crippen molar-refractivity contribution < 1.29 is 40.1 Å². The second-order valence-electron chi connectivity index (χ2n) is 13.9. The maximum atomic E-state index is 10.3. The molecule has 0 bridgehead atoms. The molecule has 0 aliphatic carbocycles. The van der Waals surface area contributed by atoms with Crippen molar-refractivity contribution in [3.63, 3.8) is 0 Å². The van der Waals surface area contributed by atoms with E-state index in [1.807, 2.05) is 0 Å². The first-order chi connectivity index (χ1) is 22.3. The van der Waals surface area contributed by atoms with Gasteiger partial charge in [-0.1, -0.05) is 142 Å². The van der Waals surface area contributed by atoms with Crippen molar-refractivity contribution >= 4 is 0 Å². The van der Waals surface area contributed by atoms with Gasteiger partial charge in [0.15, 0.2) is 6.29 Å². The maximum absolute atomic E-state index is 10.3. The first kappa shape index (κ1) is 45.7. The lowest BCUT2D eigenvalue weighted by Gasteiger charge is -2.22. The van der Waals surface area contributed by atoms with Gasteiger partial charge in [0, 0.05) is 26.1 Å². The zero-order chi connectivity index (χ0) is 34.1. The molecule has 0 aliphatic heterocycles. The average molecular weight is 663 g/mol. The average Bonchev–Trinajstić information content (AvgIpc) is 2.99. The van der Waals surface area contributed by atoms with Crippen LogP contribution in [-0.4, -0.2) is 87.3 Å². The highest BCUT2D eigenvalue weighted by Gasteiger charge is 2.22. The Labute approximate surface area is 283 Å². The molecule has 6 unspecified atom stereocenters. The Bertz CT molecular complexity index is 595. The number of aliphatic hydroxyl groups is 6. The van der Waals surface area contributed by atoms with Crippen molar-refractivity contribution in [2.24, 2.45) is 0 Å². The summed E-state index contributed by atoms with van der Waals surface area (Å²) in [5, 5.41) is 61.3. The Morgan fingerprint density at radius 1 is 0.348 bits per heavy atom. The monoisotopic (exact) mass is 663 g/mol. The second-order valence-corrected chi connectivity index (χ2v) is 13.9. The SMILES string of the molecule is CCCCCCCCCCCCCOCC(O)CC(O)CC(O)CC(O)CC(O)CC(O)OCCCCCCCCCCCCC. The van der Waals surface area contributed by atoms with E-state index in [1.54, 1.807) is 0 Å². The van der Waals surface area contributed by atoms with Crippen molar-refractivity contribution in [1.82, 2.24) is 0 Å². The molecular weight excluding hydrogens is 584 g/mol.